The Morgan fingerprint density at radius 2 is 2.00 bits per heavy atom. The van der Waals surface area contributed by atoms with E-state index in [1.165, 1.54) is 6.92 Å². The Bertz CT molecular complexity index is 167. The molecule has 0 saturated carbocycles. The Morgan fingerprint density at radius 3 is 2.46 bits per heavy atom. The van der Waals surface area contributed by atoms with Crippen LogP contribution in [0.3, 0.4) is 0 Å². The minimum Gasteiger partial charge on any atom is -0.394 e. The molecule has 0 spiro atoms. The third kappa shape index (κ3) is 1.97. The van der Waals surface area contributed by atoms with Crippen LogP contribution in [-0.2, 0) is 9.68 Å². The summed E-state index contributed by atoms with van der Waals surface area (Å²) in [4.78, 5) is 3.43. The second kappa shape index (κ2) is 4.30. The second-order valence-corrected chi connectivity index (χ2v) is 3.10. The van der Waals surface area contributed by atoms with Crippen molar-refractivity contribution in [2.75, 3.05) is 6.61 Å². The average molecular weight is 196 g/mol. The summed E-state index contributed by atoms with van der Waals surface area (Å²) in [7, 11) is 0. The molecule has 1 rings (SSSR count). The van der Waals surface area contributed by atoms with Gasteiger partial charge in [-0.15, -0.1) is 0 Å². The van der Waals surface area contributed by atoms with Gasteiger partial charge in [0.2, 0.25) is 0 Å². The highest BCUT2D eigenvalue weighted by atomic mass is 19.3. The Labute approximate surface area is 74.6 Å². The van der Waals surface area contributed by atoms with Crippen molar-refractivity contribution >= 4 is 0 Å². The first-order valence-corrected chi connectivity index (χ1v) is 4.01. The maximum Gasteiger partial charge on any atom is 0.155 e. The molecule has 5 atom stereocenters. The van der Waals surface area contributed by atoms with Crippen LogP contribution in [0.5, 0.6) is 0 Å². The fourth-order valence-electron chi connectivity index (χ4n) is 1.37. The van der Waals surface area contributed by atoms with Crippen LogP contribution in [0.1, 0.15) is 6.92 Å². The van der Waals surface area contributed by atoms with E-state index in [2.05, 4.69) is 4.94 Å². The van der Waals surface area contributed by atoms with Gasteiger partial charge in [0.15, 0.2) is 6.10 Å². The van der Waals surface area contributed by atoms with Crippen molar-refractivity contribution in [3.63, 3.8) is 0 Å². The van der Waals surface area contributed by atoms with Crippen LogP contribution in [0.4, 0.5) is 4.53 Å². The lowest BCUT2D eigenvalue weighted by molar-refractivity contribution is -0.299. The summed E-state index contributed by atoms with van der Waals surface area (Å²) in [5.41, 5.74) is 0. The quantitative estimate of drug-likeness (QED) is 0.514. The van der Waals surface area contributed by atoms with Crippen LogP contribution < -0.4 is 0 Å². The molecular formula is C7H13FO5. The van der Waals surface area contributed by atoms with E-state index in [4.69, 9.17) is 9.84 Å². The average Bonchev–Trinajstić information content (AvgIpc) is 2.12. The topological polar surface area (TPSA) is 79.2 Å². The molecule has 0 aromatic carbocycles. The number of hydrogen-bond donors (Lipinski definition) is 3. The number of ether oxygens (including phenoxy) is 1. The van der Waals surface area contributed by atoms with Crippen molar-refractivity contribution < 1.29 is 29.5 Å². The molecule has 0 bridgehead atoms. The van der Waals surface area contributed by atoms with Crippen LogP contribution in [-0.4, -0.2) is 52.4 Å². The number of aliphatic hydroxyl groups is 3. The zero-order valence-corrected chi connectivity index (χ0v) is 7.13. The van der Waals surface area contributed by atoms with Gasteiger partial charge in [0, 0.05) is 0 Å². The van der Waals surface area contributed by atoms with Crippen LogP contribution >= 0.6 is 0 Å². The van der Waals surface area contributed by atoms with Gasteiger partial charge in [-0.25, -0.2) is 0 Å². The van der Waals surface area contributed by atoms with E-state index in [-0.39, 0.29) is 0 Å². The fourth-order valence-corrected chi connectivity index (χ4v) is 1.37. The predicted octanol–water partition coefficient (Wildman–Crippen LogP) is -1.24. The van der Waals surface area contributed by atoms with Crippen LogP contribution in [0.25, 0.3) is 0 Å². The molecule has 13 heavy (non-hydrogen) atoms. The van der Waals surface area contributed by atoms with E-state index >= 15 is 0 Å². The summed E-state index contributed by atoms with van der Waals surface area (Å²) < 4.78 is 16.9. The van der Waals surface area contributed by atoms with Gasteiger partial charge >= 0.3 is 0 Å². The van der Waals surface area contributed by atoms with Gasteiger partial charge in [0.05, 0.1) is 12.7 Å². The van der Waals surface area contributed by atoms with E-state index < -0.39 is 37.1 Å². The first kappa shape index (κ1) is 10.8. The Morgan fingerprint density at radius 1 is 1.38 bits per heavy atom. The van der Waals surface area contributed by atoms with E-state index in [0.29, 0.717) is 0 Å². The van der Waals surface area contributed by atoms with E-state index in [0.717, 1.165) is 0 Å². The number of aliphatic hydroxyl groups excluding tert-OH is 3. The Hall–Kier alpha value is -0.270. The van der Waals surface area contributed by atoms with Gasteiger partial charge in [-0.2, -0.15) is 4.94 Å². The molecule has 5 nitrogen and oxygen atoms in total. The first-order chi connectivity index (χ1) is 6.11. The molecule has 3 N–H and O–H groups in total. The predicted molar refractivity (Wildman–Crippen MR) is 39.4 cm³/mol. The van der Waals surface area contributed by atoms with Gasteiger partial charge in [-0.05, 0) is 11.4 Å². The fraction of sp³-hybridized carbons (Fsp3) is 1.00. The third-order valence-corrected chi connectivity index (χ3v) is 2.21. The van der Waals surface area contributed by atoms with Crippen molar-refractivity contribution in [3.8, 4) is 0 Å². The highest BCUT2D eigenvalue weighted by Crippen LogP contribution is 2.23. The molecule has 1 heterocycles. The SMILES string of the molecule is CC1OC(CO)[C@@H](O)C(OF)C1O. The molecule has 0 aromatic rings. The summed E-state index contributed by atoms with van der Waals surface area (Å²) in [6, 6.07) is 0. The van der Waals surface area contributed by atoms with Crippen molar-refractivity contribution in [2.24, 2.45) is 0 Å². The molecular weight excluding hydrogens is 183 g/mol. The molecule has 6 heteroatoms. The molecule has 1 aliphatic heterocycles. The van der Waals surface area contributed by atoms with Gasteiger partial charge in [0.1, 0.15) is 18.3 Å². The lowest BCUT2D eigenvalue weighted by Crippen LogP contribution is -2.57. The highest BCUT2D eigenvalue weighted by Gasteiger charge is 2.44. The van der Waals surface area contributed by atoms with E-state index in [9.17, 15) is 14.7 Å². The first-order valence-electron chi connectivity index (χ1n) is 4.01. The molecule has 1 fully saturated rings. The maximum atomic E-state index is 11.9. The van der Waals surface area contributed by atoms with Crippen molar-refractivity contribution in [2.45, 2.75) is 37.4 Å². The summed E-state index contributed by atoms with van der Waals surface area (Å²) in [5, 5.41) is 27.3. The standard InChI is InChI=1S/C7H13FO5/c1-3-5(10)7(13-8)6(11)4(2-9)12-3/h3-7,9-11H,2H2,1H3/t3?,4?,5?,6-,7?/m1/s1. The molecule has 0 radical (unpaired) electrons. The largest absolute Gasteiger partial charge is 0.394 e. The lowest BCUT2D eigenvalue weighted by atomic mass is 9.96. The second-order valence-electron chi connectivity index (χ2n) is 3.10. The molecule has 0 aromatic heterocycles. The molecule has 0 amide bonds. The molecule has 1 saturated heterocycles. The maximum absolute atomic E-state index is 11.9. The molecule has 1 aliphatic rings. The normalized spacial score (nSPS) is 46.4. The van der Waals surface area contributed by atoms with Crippen molar-refractivity contribution in [3.05, 3.63) is 0 Å². The Kier molecular flexibility index (Phi) is 3.57. The van der Waals surface area contributed by atoms with Crippen molar-refractivity contribution in [1.82, 2.24) is 0 Å². The summed E-state index contributed by atoms with van der Waals surface area (Å²) in [5.74, 6) is 0. The summed E-state index contributed by atoms with van der Waals surface area (Å²) in [6.45, 7) is 1.06. The highest BCUT2D eigenvalue weighted by molar-refractivity contribution is 4.90. The van der Waals surface area contributed by atoms with Crippen LogP contribution in [0.2, 0.25) is 0 Å². The van der Waals surface area contributed by atoms with Gasteiger partial charge in [-0.1, -0.05) is 0 Å². The van der Waals surface area contributed by atoms with E-state index in [1.54, 1.807) is 0 Å². The minimum absolute atomic E-state index is 0.446. The monoisotopic (exact) mass is 196 g/mol. The van der Waals surface area contributed by atoms with Crippen LogP contribution in [0.15, 0.2) is 0 Å². The number of rotatable bonds is 2. The van der Waals surface area contributed by atoms with Gasteiger partial charge in [0.25, 0.3) is 0 Å². The zero-order valence-electron chi connectivity index (χ0n) is 7.13. The molecule has 4 unspecified atom stereocenters. The van der Waals surface area contributed by atoms with E-state index in [1.807, 2.05) is 0 Å². The van der Waals surface area contributed by atoms with Gasteiger partial charge < -0.3 is 20.1 Å². The molecule has 78 valence electrons. The summed E-state index contributed by atoms with van der Waals surface area (Å²) in [6.07, 6.45) is -5.55. The Balaban J connectivity index is 2.69. The zero-order chi connectivity index (χ0) is 10.0. The molecule has 0 aliphatic carbocycles. The van der Waals surface area contributed by atoms with Gasteiger partial charge in [-0.3, -0.25) is 0 Å². The minimum atomic E-state index is -1.36. The van der Waals surface area contributed by atoms with Crippen LogP contribution in [0, 0.1) is 0 Å². The van der Waals surface area contributed by atoms with Crippen molar-refractivity contribution in [1.29, 1.82) is 0 Å². The number of halogens is 1. The summed E-state index contributed by atoms with van der Waals surface area (Å²) >= 11 is 0. The smallest absolute Gasteiger partial charge is 0.155 e. The number of hydrogen-bond acceptors (Lipinski definition) is 5. The lowest BCUT2D eigenvalue weighted by Gasteiger charge is -2.38. The third-order valence-electron chi connectivity index (χ3n) is 2.21.